The highest BCUT2D eigenvalue weighted by Crippen LogP contribution is 2.24. The first kappa shape index (κ1) is 14.8. The number of hydroxylamine groups is 1. The van der Waals surface area contributed by atoms with Crippen molar-refractivity contribution in [3.63, 3.8) is 0 Å². The number of amides is 2. The highest BCUT2D eigenvalue weighted by atomic mass is 16.7. The molecular formula is C14H20N4O4. The van der Waals surface area contributed by atoms with Gasteiger partial charge in [0.1, 0.15) is 11.3 Å². The van der Waals surface area contributed by atoms with Gasteiger partial charge in [-0.3, -0.25) is 14.3 Å². The fourth-order valence-electron chi connectivity index (χ4n) is 2.62. The van der Waals surface area contributed by atoms with Crippen LogP contribution in [-0.2, 0) is 29.1 Å². The number of nitrogens with zero attached hydrogens (tertiary/aromatic N) is 3. The highest BCUT2D eigenvalue weighted by molar-refractivity contribution is 5.94. The summed E-state index contributed by atoms with van der Waals surface area (Å²) < 4.78 is 7.06. The van der Waals surface area contributed by atoms with Crippen molar-refractivity contribution in [2.45, 2.75) is 45.9 Å². The summed E-state index contributed by atoms with van der Waals surface area (Å²) in [5, 5.41) is 4.47. The molecule has 3 rings (SSSR count). The van der Waals surface area contributed by atoms with Gasteiger partial charge in [-0.05, 0) is 20.8 Å². The fraction of sp³-hybridized carbons (Fsp3) is 0.643. The fourth-order valence-corrected chi connectivity index (χ4v) is 2.62. The van der Waals surface area contributed by atoms with Crippen LogP contribution in [0.15, 0.2) is 0 Å². The van der Waals surface area contributed by atoms with E-state index in [4.69, 9.17) is 9.57 Å². The van der Waals surface area contributed by atoms with Crippen molar-refractivity contribution in [1.82, 2.24) is 20.2 Å². The van der Waals surface area contributed by atoms with Gasteiger partial charge in [0.2, 0.25) is 0 Å². The Morgan fingerprint density at radius 3 is 2.86 bits per heavy atom. The third kappa shape index (κ3) is 2.78. The van der Waals surface area contributed by atoms with Gasteiger partial charge >= 0.3 is 6.09 Å². The zero-order valence-corrected chi connectivity index (χ0v) is 13.0. The Balaban J connectivity index is 1.85. The quantitative estimate of drug-likeness (QED) is 0.768. The summed E-state index contributed by atoms with van der Waals surface area (Å²) in [4.78, 5) is 30.9. The van der Waals surface area contributed by atoms with E-state index < -0.39 is 5.60 Å². The molecule has 1 aromatic heterocycles. The van der Waals surface area contributed by atoms with E-state index in [0.29, 0.717) is 38.4 Å². The van der Waals surface area contributed by atoms with Crippen molar-refractivity contribution in [2.24, 2.45) is 0 Å². The van der Waals surface area contributed by atoms with Gasteiger partial charge in [-0.2, -0.15) is 5.10 Å². The molecule has 2 aliphatic rings. The molecule has 0 atom stereocenters. The molecule has 0 saturated carbocycles. The minimum atomic E-state index is -0.543. The predicted molar refractivity (Wildman–Crippen MR) is 76.0 cm³/mol. The number of carbonyl (C=O) groups is 2. The second kappa shape index (κ2) is 5.28. The minimum Gasteiger partial charge on any atom is -0.444 e. The number of hydrogen-bond donors (Lipinski definition) is 1. The summed E-state index contributed by atoms with van der Waals surface area (Å²) in [6, 6.07) is 0. The molecule has 2 amide bonds. The van der Waals surface area contributed by atoms with E-state index in [0.717, 1.165) is 11.3 Å². The van der Waals surface area contributed by atoms with Crippen LogP contribution in [0.1, 0.15) is 42.5 Å². The summed E-state index contributed by atoms with van der Waals surface area (Å²) >= 11 is 0. The molecule has 1 N–H and O–H groups in total. The molecule has 8 heteroatoms. The standard InChI is InChI=1S/C14H20N4O4/c1-14(2,3)22-13(20)17-5-4-10-9(8-17)11-12(19)16-21-7-6-18(11)15-10/h4-8H2,1-3H3,(H,16,19). The van der Waals surface area contributed by atoms with Crippen LogP contribution in [0.3, 0.4) is 0 Å². The largest absolute Gasteiger partial charge is 0.444 e. The number of rotatable bonds is 0. The summed E-state index contributed by atoms with van der Waals surface area (Å²) in [5.41, 5.74) is 3.96. The maximum Gasteiger partial charge on any atom is 0.410 e. The third-order valence-electron chi connectivity index (χ3n) is 3.54. The molecule has 8 nitrogen and oxygen atoms in total. The molecule has 0 aliphatic carbocycles. The van der Waals surface area contributed by atoms with Crippen LogP contribution < -0.4 is 5.48 Å². The summed E-state index contributed by atoms with van der Waals surface area (Å²) in [6.45, 7) is 7.23. The molecule has 0 saturated heterocycles. The zero-order valence-electron chi connectivity index (χ0n) is 13.0. The molecule has 1 aromatic rings. The van der Waals surface area contributed by atoms with E-state index in [-0.39, 0.29) is 12.0 Å². The van der Waals surface area contributed by atoms with Crippen LogP contribution in [0.25, 0.3) is 0 Å². The first-order valence-electron chi connectivity index (χ1n) is 7.34. The lowest BCUT2D eigenvalue weighted by Gasteiger charge is -2.29. The predicted octanol–water partition coefficient (Wildman–Crippen LogP) is 0.851. The highest BCUT2D eigenvalue weighted by Gasteiger charge is 2.32. The van der Waals surface area contributed by atoms with Crippen LogP contribution in [0.5, 0.6) is 0 Å². The Bertz CT molecular complexity index is 617. The average molecular weight is 308 g/mol. The van der Waals surface area contributed by atoms with E-state index in [1.807, 2.05) is 20.8 Å². The normalized spacial score (nSPS) is 18.1. The van der Waals surface area contributed by atoms with Gasteiger partial charge in [0.15, 0.2) is 0 Å². The van der Waals surface area contributed by atoms with Crippen molar-refractivity contribution in [3.05, 3.63) is 17.0 Å². The first-order chi connectivity index (χ1) is 10.3. The van der Waals surface area contributed by atoms with Crippen LogP contribution in [-0.4, -0.2) is 45.4 Å². The van der Waals surface area contributed by atoms with Gasteiger partial charge in [-0.25, -0.2) is 10.3 Å². The molecule has 0 bridgehead atoms. The van der Waals surface area contributed by atoms with Crippen LogP contribution in [0.4, 0.5) is 4.79 Å². The lowest BCUT2D eigenvalue weighted by molar-refractivity contribution is 0.0219. The van der Waals surface area contributed by atoms with E-state index in [1.54, 1.807) is 9.58 Å². The number of hydrogen-bond acceptors (Lipinski definition) is 5. The summed E-state index contributed by atoms with van der Waals surface area (Å²) in [7, 11) is 0. The molecule has 0 spiro atoms. The van der Waals surface area contributed by atoms with E-state index in [9.17, 15) is 9.59 Å². The van der Waals surface area contributed by atoms with E-state index in [2.05, 4.69) is 10.6 Å². The zero-order chi connectivity index (χ0) is 15.9. The van der Waals surface area contributed by atoms with Crippen LogP contribution in [0.2, 0.25) is 0 Å². The smallest absolute Gasteiger partial charge is 0.410 e. The van der Waals surface area contributed by atoms with Crippen molar-refractivity contribution in [1.29, 1.82) is 0 Å². The van der Waals surface area contributed by atoms with Gasteiger partial charge in [-0.15, -0.1) is 0 Å². The first-order valence-corrected chi connectivity index (χ1v) is 7.34. The minimum absolute atomic E-state index is 0.322. The molecule has 0 radical (unpaired) electrons. The van der Waals surface area contributed by atoms with Gasteiger partial charge < -0.3 is 9.64 Å². The van der Waals surface area contributed by atoms with Crippen LogP contribution >= 0.6 is 0 Å². The number of nitrogens with one attached hydrogen (secondary N) is 1. The van der Waals surface area contributed by atoms with Gasteiger partial charge in [0.25, 0.3) is 5.91 Å². The number of fused-ring (bicyclic) bond motifs is 3. The third-order valence-corrected chi connectivity index (χ3v) is 3.54. The second-order valence-electron chi connectivity index (χ2n) is 6.43. The van der Waals surface area contributed by atoms with E-state index >= 15 is 0 Å². The van der Waals surface area contributed by atoms with Crippen molar-refractivity contribution in [3.8, 4) is 0 Å². The molecule has 120 valence electrons. The Morgan fingerprint density at radius 1 is 1.36 bits per heavy atom. The van der Waals surface area contributed by atoms with Crippen molar-refractivity contribution in [2.75, 3.05) is 13.2 Å². The lowest BCUT2D eigenvalue weighted by atomic mass is 10.1. The summed E-state index contributed by atoms with van der Waals surface area (Å²) in [5.74, 6) is -0.322. The molecule has 0 unspecified atom stereocenters. The Hall–Kier alpha value is -2.09. The Kier molecular flexibility index (Phi) is 3.56. The Labute approximate surface area is 128 Å². The lowest BCUT2D eigenvalue weighted by Crippen LogP contribution is -2.40. The number of carbonyl (C=O) groups excluding carboxylic acids is 2. The average Bonchev–Trinajstić information content (AvgIpc) is 2.68. The van der Waals surface area contributed by atoms with Crippen LogP contribution in [0, 0.1) is 0 Å². The molecule has 3 heterocycles. The molecule has 0 fully saturated rings. The summed E-state index contributed by atoms with van der Waals surface area (Å²) in [6.07, 6.45) is 0.242. The Morgan fingerprint density at radius 2 is 2.14 bits per heavy atom. The van der Waals surface area contributed by atoms with Gasteiger partial charge in [-0.1, -0.05) is 0 Å². The number of ether oxygens (including phenoxy) is 1. The topological polar surface area (TPSA) is 85.7 Å². The molecular weight excluding hydrogens is 288 g/mol. The SMILES string of the molecule is CC(C)(C)OC(=O)N1CCc2nn3c(c2C1)C(=O)NOCC3. The van der Waals surface area contributed by atoms with E-state index in [1.165, 1.54) is 0 Å². The maximum atomic E-state index is 12.2. The molecule has 0 aromatic carbocycles. The van der Waals surface area contributed by atoms with Gasteiger partial charge in [0, 0.05) is 18.5 Å². The number of aromatic nitrogens is 2. The maximum absolute atomic E-state index is 12.2. The monoisotopic (exact) mass is 308 g/mol. The van der Waals surface area contributed by atoms with Crippen molar-refractivity contribution >= 4 is 12.0 Å². The second-order valence-corrected chi connectivity index (χ2v) is 6.43. The van der Waals surface area contributed by atoms with Crippen molar-refractivity contribution < 1.29 is 19.2 Å². The molecule has 2 aliphatic heterocycles. The van der Waals surface area contributed by atoms with Gasteiger partial charge in [0.05, 0.1) is 25.4 Å². The molecule has 22 heavy (non-hydrogen) atoms.